The SMILES string of the molecule is Cc1onc(-c2ccccc2Cl)c1C(=O)N1Cc2nn(C(C)(C)C)c(-n3cccc3)c2C1. The van der Waals surface area contributed by atoms with E-state index in [9.17, 15) is 4.79 Å². The number of carbonyl (C=O) groups excluding carboxylic acids is 1. The van der Waals surface area contributed by atoms with E-state index < -0.39 is 0 Å². The molecule has 32 heavy (non-hydrogen) atoms. The van der Waals surface area contributed by atoms with Gasteiger partial charge in [0, 0.05) is 23.5 Å². The summed E-state index contributed by atoms with van der Waals surface area (Å²) in [5, 5.41) is 9.56. The van der Waals surface area contributed by atoms with Gasteiger partial charge in [0.25, 0.3) is 5.91 Å². The fourth-order valence-electron chi connectivity index (χ4n) is 4.17. The number of amides is 1. The molecule has 5 rings (SSSR count). The second-order valence-electron chi connectivity index (χ2n) is 9.03. The second kappa shape index (κ2) is 7.38. The van der Waals surface area contributed by atoms with Gasteiger partial charge in [0.15, 0.2) is 0 Å². The second-order valence-corrected chi connectivity index (χ2v) is 9.43. The highest BCUT2D eigenvalue weighted by molar-refractivity contribution is 6.33. The first-order valence-electron chi connectivity index (χ1n) is 10.5. The van der Waals surface area contributed by atoms with Crippen molar-refractivity contribution in [2.45, 2.75) is 46.3 Å². The standard InChI is InChI=1S/C24H24ClN5O2/c1-15-20(21(27-32-15)16-9-5-6-10-18(16)25)23(31)29-13-17-19(14-29)26-30(24(2,3)4)22(17)28-11-7-8-12-28/h5-12H,13-14H2,1-4H3. The molecule has 1 amide bonds. The lowest BCUT2D eigenvalue weighted by Gasteiger charge is -2.24. The van der Waals surface area contributed by atoms with Gasteiger partial charge in [-0.05, 0) is 45.9 Å². The minimum atomic E-state index is -0.193. The fourth-order valence-corrected chi connectivity index (χ4v) is 4.40. The highest BCUT2D eigenvalue weighted by Crippen LogP contribution is 2.36. The number of hydrogen-bond acceptors (Lipinski definition) is 4. The normalized spacial score (nSPS) is 13.6. The molecule has 0 saturated carbocycles. The Balaban J connectivity index is 1.53. The van der Waals surface area contributed by atoms with Crippen molar-refractivity contribution in [3.63, 3.8) is 0 Å². The molecule has 0 atom stereocenters. The van der Waals surface area contributed by atoms with Crippen molar-refractivity contribution in [2.24, 2.45) is 0 Å². The Morgan fingerprint density at radius 3 is 2.50 bits per heavy atom. The molecular weight excluding hydrogens is 426 g/mol. The third-order valence-corrected chi connectivity index (χ3v) is 6.04. The average molecular weight is 450 g/mol. The quantitative estimate of drug-likeness (QED) is 0.431. The van der Waals surface area contributed by atoms with Crippen molar-refractivity contribution in [1.82, 2.24) is 24.4 Å². The molecule has 3 aromatic heterocycles. The predicted molar refractivity (Wildman–Crippen MR) is 122 cm³/mol. The smallest absolute Gasteiger partial charge is 0.260 e. The minimum absolute atomic E-state index is 0.141. The zero-order valence-corrected chi connectivity index (χ0v) is 19.2. The van der Waals surface area contributed by atoms with E-state index in [1.54, 1.807) is 17.9 Å². The van der Waals surface area contributed by atoms with Crippen LogP contribution in [0.1, 0.15) is 48.1 Å². The van der Waals surface area contributed by atoms with Crippen LogP contribution in [0.5, 0.6) is 0 Å². The lowest BCUT2D eigenvalue weighted by molar-refractivity contribution is 0.0747. The Bertz CT molecular complexity index is 1310. The third kappa shape index (κ3) is 3.24. The van der Waals surface area contributed by atoms with Crippen molar-refractivity contribution < 1.29 is 9.32 Å². The summed E-state index contributed by atoms with van der Waals surface area (Å²) in [7, 11) is 0. The summed E-state index contributed by atoms with van der Waals surface area (Å²) in [6, 6.07) is 11.3. The molecule has 0 fully saturated rings. The summed E-state index contributed by atoms with van der Waals surface area (Å²) in [6.07, 6.45) is 4.01. The van der Waals surface area contributed by atoms with Crippen LogP contribution in [0.25, 0.3) is 17.1 Å². The molecule has 8 heteroatoms. The number of rotatable bonds is 3. The Hall–Kier alpha value is -3.32. The van der Waals surface area contributed by atoms with Gasteiger partial charge in [0.05, 0.1) is 29.3 Å². The molecule has 1 aliphatic rings. The molecule has 0 bridgehead atoms. The maximum atomic E-state index is 13.6. The van der Waals surface area contributed by atoms with Crippen LogP contribution in [-0.2, 0) is 18.6 Å². The molecule has 0 radical (unpaired) electrons. The van der Waals surface area contributed by atoms with E-state index >= 15 is 0 Å². The van der Waals surface area contributed by atoms with Crippen LogP contribution >= 0.6 is 11.6 Å². The number of halogens is 1. The van der Waals surface area contributed by atoms with E-state index in [1.807, 2.05) is 47.4 Å². The van der Waals surface area contributed by atoms with Crippen LogP contribution in [0, 0.1) is 6.92 Å². The average Bonchev–Trinajstić information content (AvgIpc) is 3.50. The van der Waals surface area contributed by atoms with Gasteiger partial charge in [0.1, 0.15) is 22.8 Å². The van der Waals surface area contributed by atoms with Gasteiger partial charge >= 0.3 is 0 Å². The molecule has 4 heterocycles. The molecule has 4 aromatic rings. The number of carbonyl (C=O) groups is 1. The Morgan fingerprint density at radius 2 is 1.81 bits per heavy atom. The Kier molecular flexibility index (Phi) is 4.74. The molecule has 1 aliphatic heterocycles. The summed E-state index contributed by atoms with van der Waals surface area (Å²) in [4.78, 5) is 15.4. The lowest BCUT2D eigenvalue weighted by atomic mass is 10.1. The number of aromatic nitrogens is 4. The topological polar surface area (TPSA) is 69.1 Å². The Labute approximate surface area is 191 Å². The minimum Gasteiger partial charge on any atom is -0.360 e. The first kappa shape index (κ1) is 20.6. The maximum absolute atomic E-state index is 13.6. The highest BCUT2D eigenvalue weighted by atomic mass is 35.5. The number of hydrogen-bond donors (Lipinski definition) is 0. The van der Waals surface area contributed by atoms with E-state index in [4.69, 9.17) is 21.2 Å². The van der Waals surface area contributed by atoms with E-state index in [0.29, 0.717) is 40.7 Å². The van der Waals surface area contributed by atoms with E-state index in [2.05, 4.69) is 30.5 Å². The molecule has 0 aliphatic carbocycles. The van der Waals surface area contributed by atoms with Crippen molar-refractivity contribution >= 4 is 17.5 Å². The number of benzene rings is 1. The zero-order chi connectivity index (χ0) is 22.6. The summed E-state index contributed by atoms with van der Waals surface area (Å²) in [6.45, 7) is 9.02. The van der Waals surface area contributed by atoms with E-state index in [1.165, 1.54) is 0 Å². The van der Waals surface area contributed by atoms with Gasteiger partial charge in [-0.25, -0.2) is 4.68 Å². The van der Waals surface area contributed by atoms with Crippen LogP contribution in [0.15, 0.2) is 53.3 Å². The monoisotopic (exact) mass is 449 g/mol. The number of nitrogens with zero attached hydrogens (tertiary/aromatic N) is 5. The predicted octanol–water partition coefficient (Wildman–Crippen LogP) is 5.20. The molecule has 0 spiro atoms. The van der Waals surface area contributed by atoms with E-state index in [0.717, 1.165) is 17.1 Å². The molecule has 0 N–H and O–H groups in total. The number of fused-ring (bicyclic) bond motifs is 1. The van der Waals surface area contributed by atoms with Gasteiger partial charge in [-0.3, -0.25) is 4.79 Å². The van der Waals surface area contributed by atoms with E-state index in [-0.39, 0.29) is 11.4 Å². The Morgan fingerprint density at radius 1 is 1.09 bits per heavy atom. The van der Waals surface area contributed by atoms with Crippen molar-refractivity contribution in [3.8, 4) is 17.1 Å². The van der Waals surface area contributed by atoms with Gasteiger partial charge < -0.3 is 14.0 Å². The highest BCUT2D eigenvalue weighted by Gasteiger charge is 2.36. The van der Waals surface area contributed by atoms with Crippen LogP contribution in [-0.4, -0.2) is 30.3 Å². The van der Waals surface area contributed by atoms with Gasteiger partial charge in [-0.2, -0.15) is 5.10 Å². The molecular formula is C24H24ClN5O2. The van der Waals surface area contributed by atoms with Crippen LogP contribution < -0.4 is 0 Å². The fraction of sp³-hybridized carbons (Fsp3) is 0.292. The first-order valence-corrected chi connectivity index (χ1v) is 10.9. The van der Waals surface area contributed by atoms with Crippen molar-refractivity contribution in [2.75, 3.05) is 0 Å². The van der Waals surface area contributed by atoms with Crippen LogP contribution in [0.2, 0.25) is 5.02 Å². The van der Waals surface area contributed by atoms with Crippen LogP contribution in [0.3, 0.4) is 0 Å². The molecule has 1 aromatic carbocycles. The summed E-state index contributed by atoms with van der Waals surface area (Å²) >= 11 is 6.38. The summed E-state index contributed by atoms with van der Waals surface area (Å²) < 4.78 is 9.51. The van der Waals surface area contributed by atoms with Gasteiger partial charge in [-0.1, -0.05) is 35.0 Å². The molecule has 0 unspecified atom stereocenters. The summed E-state index contributed by atoms with van der Waals surface area (Å²) in [5.41, 5.74) is 3.35. The maximum Gasteiger partial charge on any atom is 0.260 e. The molecule has 7 nitrogen and oxygen atoms in total. The lowest BCUT2D eigenvalue weighted by Crippen LogP contribution is -2.30. The van der Waals surface area contributed by atoms with Crippen molar-refractivity contribution in [1.29, 1.82) is 0 Å². The molecule has 0 saturated heterocycles. The van der Waals surface area contributed by atoms with Crippen LogP contribution in [0.4, 0.5) is 0 Å². The van der Waals surface area contributed by atoms with Gasteiger partial charge in [-0.15, -0.1) is 0 Å². The summed E-state index contributed by atoms with van der Waals surface area (Å²) in [5.74, 6) is 1.32. The zero-order valence-electron chi connectivity index (χ0n) is 18.5. The van der Waals surface area contributed by atoms with Gasteiger partial charge in [0.2, 0.25) is 0 Å². The largest absolute Gasteiger partial charge is 0.360 e. The first-order chi connectivity index (χ1) is 15.3. The molecule has 164 valence electrons. The number of aryl methyl sites for hydroxylation is 1. The van der Waals surface area contributed by atoms with Crippen molar-refractivity contribution in [3.05, 3.63) is 76.4 Å². The third-order valence-electron chi connectivity index (χ3n) is 5.71.